The van der Waals surface area contributed by atoms with Crippen LogP contribution in [0.4, 0.5) is 0 Å². The molecule has 1 aliphatic carbocycles. The molecular formula is C10H14BrNS. The molecule has 1 aromatic rings. The maximum absolute atomic E-state index is 6.12. The monoisotopic (exact) mass is 259 g/mol. The summed E-state index contributed by atoms with van der Waals surface area (Å²) in [6.07, 6.45) is 5.09. The zero-order chi connectivity index (χ0) is 9.26. The standard InChI is InChI=1S/C10H14BrNS/c11-9-6-13-5-8(9)7-3-1-2-4-10(7)12/h5-7,10H,1-4,12H2. The SMILES string of the molecule is NC1CCCCC1c1cscc1Br. The largest absolute Gasteiger partial charge is 0.327 e. The van der Waals surface area contributed by atoms with E-state index in [0.29, 0.717) is 12.0 Å². The maximum atomic E-state index is 6.12. The molecular weight excluding hydrogens is 246 g/mol. The Morgan fingerprint density at radius 1 is 1.31 bits per heavy atom. The molecule has 72 valence electrons. The van der Waals surface area contributed by atoms with E-state index in [4.69, 9.17) is 5.73 Å². The van der Waals surface area contributed by atoms with Crippen molar-refractivity contribution in [3.05, 3.63) is 20.8 Å². The third-order valence-electron chi connectivity index (χ3n) is 2.86. The third kappa shape index (κ3) is 1.97. The predicted molar refractivity (Wildman–Crippen MR) is 61.2 cm³/mol. The number of thiophene rings is 1. The van der Waals surface area contributed by atoms with Gasteiger partial charge in [-0.2, -0.15) is 11.3 Å². The predicted octanol–water partition coefficient (Wildman–Crippen LogP) is 3.50. The number of hydrogen-bond acceptors (Lipinski definition) is 2. The fourth-order valence-electron chi connectivity index (χ4n) is 2.10. The number of halogens is 1. The lowest BCUT2D eigenvalue weighted by Crippen LogP contribution is -2.31. The van der Waals surface area contributed by atoms with Crippen molar-refractivity contribution in [3.8, 4) is 0 Å². The van der Waals surface area contributed by atoms with Crippen molar-refractivity contribution in [2.24, 2.45) is 5.73 Å². The van der Waals surface area contributed by atoms with Crippen LogP contribution in [0.1, 0.15) is 37.2 Å². The van der Waals surface area contributed by atoms with E-state index in [9.17, 15) is 0 Å². The van der Waals surface area contributed by atoms with Gasteiger partial charge < -0.3 is 5.73 Å². The van der Waals surface area contributed by atoms with Gasteiger partial charge in [0.15, 0.2) is 0 Å². The van der Waals surface area contributed by atoms with E-state index in [1.165, 1.54) is 35.7 Å². The molecule has 3 heteroatoms. The Morgan fingerprint density at radius 2 is 2.08 bits per heavy atom. The Balaban J connectivity index is 2.19. The lowest BCUT2D eigenvalue weighted by atomic mass is 9.81. The van der Waals surface area contributed by atoms with Crippen LogP contribution >= 0.6 is 27.3 Å². The van der Waals surface area contributed by atoms with Gasteiger partial charge in [-0.25, -0.2) is 0 Å². The lowest BCUT2D eigenvalue weighted by Gasteiger charge is -2.28. The van der Waals surface area contributed by atoms with Crippen molar-refractivity contribution in [2.45, 2.75) is 37.6 Å². The van der Waals surface area contributed by atoms with Crippen molar-refractivity contribution in [2.75, 3.05) is 0 Å². The summed E-state index contributed by atoms with van der Waals surface area (Å²) in [5.41, 5.74) is 7.55. The molecule has 1 aromatic heterocycles. The minimum Gasteiger partial charge on any atom is -0.327 e. The fourth-order valence-corrected chi connectivity index (χ4v) is 3.76. The molecule has 13 heavy (non-hydrogen) atoms. The Hall–Kier alpha value is 0.140. The number of hydrogen-bond donors (Lipinski definition) is 1. The molecule has 0 aliphatic heterocycles. The van der Waals surface area contributed by atoms with Gasteiger partial charge in [-0.1, -0.05) is 12.8 Å². The molecule has 0 radical (unpaired) electrons. The molecule has 1 nitrogen and oxygen atoms in total. The highest BCUT2D eigenvalue weighted by atomic mass is 79.9. The van der Waals surface area contributed by atoms with E-state index in [2.05, 4.69) is 26.7 Å². The average molecular weight is 260 g/mol. The van der Waals surface area contributed by atoms with Gasteiger partial charge in [0.05, 0.1) is 0 Å². The summed E-state index contributed by atoms with van der Waals surface area (Å²) in [4.78, 5) is 0. The first-order chi connectivity index (χ1) is 6.29. The molecule has 0 amide bonds. The molecule has 0 aromatic carbocycles. The van der Waals surface area contributed by atoms with E-state index in [1.807, 2.05) is 0 Å². The van der Waals surface area contributed by atoms with Gasteiger partial charge >= 0.3 is 0 Å². The summed E-state index contributed by atoms with van der Waals surface area (Å²) in [5.74, 6) is 0.592. The lowest BCUT2D eigenvalue weighted by molar-refractivity contribution is 0.385. The summed E-state index contributed by atoms with van der Waals surface area (Å²) in [6, 6.07) is 0.375. The van der Waals surface area contributed by atoms with Crippen molar-refractivity contribution in [1.29, 1.82) is 0 Å². The summed E-state index contributed by atoms with van der Waals surface area (Å²) in [7, 11) is 0. The molecule has 2 rings (SSSR count). The highest BCUT2D eigenvalue weighted by molar-refractivity contribution is 9.10. The average Bonchev–Trinajstić information content (AvgIpc) is 2.52. The van der Waals surface area contributed by atoms with Gasteiger partial charge in [0, 0.05) is 21.8 Å². The minimum atomic E-state index is 0.375. The summed E-state index contributed by atoms with van der Waals surface area (Å²) in [6.45, 7) is 0. The minimum absolute atomic E-state index is 0.375. The molecule has 1 saturated carbocycles. The van der Waals surface area contributed by atoms with Crippen LogP contribution in [0.3, 0.4) is 0 Å². The quantitative estimate of drug-likeness (QED) is 0.821. The third-order valence-corrected chi connectivity index (χ3v) is 4.61. The Labute approximate surface area is 91.5 Å². The van der Waals surface area contributed by atoms with Crippen LogP contribution < -0.4 is 5.73 Å². The first kappa shape index (κ1) is 9.69. The second-order valence-corrected chi connectivity index (χ2v) is 5.33. The van der Waals surface area contributed by atoms with Crippen LogP contribution in [0.2, 0.25) is 0 Å². The maximum Gasteiger partial charge on any atom is 0.0317 e. The first-order valence-corrected chi connectivity index (χ1v) is 6.50. The summed E-state index contributed by atoms with van der Waals surface area (Å²) >= 11 is 5.34. The molecule has 0 saturated heterocycles. The van der Waals surface area contributed by atoms with E-state index in [1.54, 1.807) is 11.3 Å². The van der Waals surface area contributed by atoms with Crippen LogP contribution in [0.5, 0.6) is 0 Å². The van der Waals surface area contributed by atoms with E-state index >= 15 is 0 Å². The molecule has 2 atom stereocenters. The van der Waals surface area contributed by atoms with E-state index < -0.39 is 0 Å². The highest BCUT2D eigenvalue weighted by Crippen LogP contribution is 2.37. The Bertz CT molecular complexity index is 284. The topological polar surface area (TPSA) is 26.0 Å². The number of rotatable bonds is 1. The van der Waals surface area contributed by atoms with Gasteiger partial charge in [-0.3, -0.25) is 0 Å². The second-order valence-electron chi connectivity index (χ2n) is 3.73. The molecule has 0 spiro atoms. The normalized spacial score (nSPS) is 29.1. The number of nitrogens with two attached hydrogens (primary N) is 1. The van der Waals surface area contributed by atoms with Crippen molar-refractivity contribution < 1.29 is 0 Å². The van der Waals surface area contributed by atoms with Crippen molar-refractivity contribution >= 4 is 27.3 Å². The van der Waals surface area contributed by atoms with Crippen LogP contribution in [0.25, 0.3) is 0 Å². The molecule has 1 fully saturated rings. The second kappa shape index (κ2) is 4.11. The van der Waals surface area contributed by atoms with Gasteiger partial charge in [0.2, 0.25) is 0 Å². The summed E-state index contributed by atoms with van der Waals surface area (Å²) in [5, 5.41) is 4.39. The molecule has 2 unspecified atom stereocenters. The molecule has 1 aliphatic rings. The first-order valence-electron chi connectivity index (χ1n) is 4.76. The van der Waals surface area contributed by atoms with Gasteiger partial charge in [-0.05, 0) is 39.7 Å². The Kier molecular flexibility index (Phi) is 3.06. The van der Waals surface area contributed by atoms with Crippen LogP contribution in [-0.4, -0.2) is 6.04 Å². The molecule has 0 bridgehead atoms. The fraction of sp³-hybridized carbons (Fsp3) is 0.600. The van der Waals surface area contributed by atoms with Crippen LogP contribution in [0, 0.1) is 0 Å². The summed E-state index contributed by atoms with van der Waals surface area (Å²) < 4.78 is 1.25. The van der Waals surface area contributed by atoms with E-state index in [0.717, 1.165) is 0 Å². The highest BCUT2D eigenvalue weighted by Gasteiger charge is 2.25. The van der Waals surface area contributed by atoms with Crippen LogP contribution in [0.15, 0.2) is 15.2 Å². The smallest absolute Gasteiger partial charge is 0.0317 e. The van der Waals surface area contributed by atoms with Crippen molar-refractivity contribution in [3.63, 3.8) is 0 Å². The van der Waals surface area contributed by atoms with Crippen molar-refractivity contribution in [1.82, 2.24) is 0 Å². The van der Waals surface area contributed by atoms with Gasteiger partial charge in [0.25, 0.3) is 0 Å². The van der Waals surface area contributed by atoms with Crippen LogP contribution in [-0.2, 0) is 0 Å². The van der Waals surface area contributed by atoms with Gasteiger partial charge in [-0.15, -0.1) is 0 Å². The Morgan fingerprint density at radius 3 is 2.69 bits per heavy atom. The van der Waals surface area contributed by atoms with E-state index in [-0.39, 0.29) is 0 Å². The molecule has 2 N–H and O–H groups in total. The zero-order valence-electron chi connectivity index (χ0n) is 7.50. The zero-order valence-corrected chi connectivity index (χ0v) is 9.90. The molecule has 1 heterocycles. The van der Waals surface area contributed by atoms with Gasteiger partial charge in [0.1, 0.15) is 0 Å².